The van der Waals surface area contributed by atoms with Gasteiger partial charge in [0.1, 0.15) is 0 Å². The van der Waals surface area contributed by atoms with Crippen LogP contribution >= 0.6 is 0 Å². The third-order valence-electron chi connectivity index (χ3n) is 4.42. The van der Waals surface area contributed by atoms with E-state index in [0.717, 1.165) is 11.1 Å². The molecule has 1 heterocycles. The zero-order valence-electron chi connectivity index (χ0n) is 15.5. The average Bonchev–Trinajstić information content (AvgIpc) is 2.69. The van der Waals surface area contributed by atoms with Crippen LogP contribution in [0.15, 0.2) is 72.3 Å². The SMILES string of the molecule is CCOC(=O)C1=CC(O)(OCC)OC(c2ccccc2)C1c1ccccc1. The number of benzene rings is 2. The predicted octanol–water partition coefficient (Wildman–Crippen LogP) is 3.71. The first-order valence-electron chi connectivity index (χ1n) is 9.12. The van der Waals surface area contributed by atoms with Crippen LogP contribution in [0.25, 0.3) is 0 Å². The summed E-state index contributed by atoms with van der Waals surface area (Å²) >= 11 is 0. The van der Waals surface area contributed by atoms with Crippen LogP contribution < -0.4 is 0 Å². The lowest BCUT2D eigenvalue weighted by Gasteiger charge is -2.39. The number of hydrogen-bond acceptors (Lipinski definition) is 5. The van der Waals surface area contributed by atoms with Crippen LogP contribution in [0.5, 0.6) is 0 Å². The molecule has 3 unspecified atom stereocenters. The van der Waals surface area contributed by atoms with Gasteiger partial charge in [0.2, 0.25) is 0 Å². The molecule has 0 bridgehead atoms. The standard InChI is InChI=1S/C22H24O5/c1-3-25-21(23)18-15-22(24,26-4-2)27-20(17-13-9-6-10-14-17)19(18)16-11-7-5-8-12-16/h5-15,19-20,24H,3-4H2,1-2H3. The van der Waals surface area contributed by atoms with Gasteiger partial charge in [-0.05, 0) is 25.0 Å². The van der Waals surface area contributed by atoms with E-state index >= 15 is 0 Å². The highest BCUT2D eigenvalue weighted by atomic mass is 16.8. The maximum atomic E-state index is 12.7. The van der Waals surface area contributed by atoms with E-state index in [9.17, 15) is 9.90 Å². The molecule has 1 aliphatic heterocycles. The number of ether oxygens (including phenoxy) is 3. The quantitative estimate of drug-likeness (QED) is 0.622. The van der Waals surface area contributed by atoms with Gasteiger partial charge in [-0.25, -0.2) is 4.79 Å². The summed E-state index contributed by atoms with van der Waals surface area (Å²) in [6.45, 7) is 3.96. The summed E-state index contributed by atoms with van der Waals surface area (Å²) in [5, 5.41) is 10.8. The monoisotopic (exact) mass is 368 g/mol. The Hall–Kier alpha value is -2.47. The average molecular weight is 368 g/mol. The van der Waals surface area contributed by atoms with Crippen LogP contribution in [0.3, 0.4) is 0 Å². The molecule has 1 aliphatic rings. The number of aliphatic hydroxyl groups is 1. The topological polar surface area (TPSA) is 65.0 Å². The summed E-state index contributed by atoms with van der Waals surface area (Å²) in [7, 11) is 0. The first-order chi connectivity index (χ1) is 13.1. The number of carbonyl (C=O) groups is 1. The van der Waals surface area contributed by atoms with E-state index < -0.39 is 24.0 Å². The molecule has 3 rings (SSSR count). The molecule has 2 aromatic rings. The highest BCUT2D eigenvalue weighted by Gasteiger charge is 2.45. The maximum absolute atomic E-state index is 12.7. The number of rotatable bonds is 6. The van der Waals surface area contributed by atoms with Crippen molar-refractivity contribution in [1.29, 1.82) is 0 Å². The first-order valence-corrected chi connectivity index (χ1v) is 9.12. The van der Waals surface area contributed by atoms with Crippen molar-refractivity contribution < 1.29 is 24.1 Å². The predicted molar refractivity (Wildman–Crippen MR) is 101 cm³/mol. The summed E-state index contributed by atoms with van der Waals surface area (Å²) in [6, 6.07) is 19.1. The van der Waals surface area contributed by atoms with E-state index in [-0.39, 0.29) is 13.2 Å². The van der Waals surface area contributed by atoms with E-state index in [0.29, 0.717) is 5.57 Å². The van der Waals surface area contributed by atoms with Crippen molar-refractivity contribution in [1.82, 2.24) is 0 Å². The molecule has 0 aromatic heterocycles. The van der Waals surface area contributed by atoms with E-state index in [2.05, 4.69) is 0 Å². The Balaban J connectivity index is 2.15. The maximum Gasteiger partial charge on any atom is 0.334 e. The fourth-order valence-electron chi connectivity index (χ4n) is 3.33. The van der Waals surface area contributed by atoms with Gasteiger partial charge >= 0.3 is 11.9 Å². The van der Waals surface area contributed by atoms with Crippen molar-refractivity contribution in [2.75, 3.05) is 13.2 Å². The number of carbonyl (C=O) groups excluding carboxylic acids is 1. The molecule has 5 heteroatoms. The summed E-state index contributed by atoms with van der Waals surface area (Å²) in [4.78, 5) is 12.7. The minimum absolute atomic E-state index is 0.223. The molecule has 0 fully saturated rings. The first kappa shape index (κ1) is 19.3. The molecule has 3 atom stereocenters. The lowest BCUT2D eigenvalue weighted by atomic mass is 9.81. The molecule has 0 spiro atoms. The molecule has 0 radical (unpaired) electrons. The van der Waals surface area contributed by atoms with Crippen molar-refractivity contribution >= 4 is 5.97 Å². The molecule has 142 valence electrons. The minimum Gasteiger partial charge on any atom is -0.463 e. The third kappa shape index (κ3) is 4.27. The van der Waals surface area contributed by atoms with Crippen molar-refractivity contribution in [3.63, 3.8) is 0 Å². The van der Waals surface area contributed by atoms with Gasteiger partial charge in [0.25, 0.3) is 0 Å². The Morgan fingerprint density at radius 3 is 2.15 bits per heavy atom. The Morgan fingerprint density at radius 2 is 1.59 bits per heavy atom. The van der Waals surface area contributed by atoms with Crippen LogP contribution in [0.1, 0.15) is 37.0 Å². The second kappa shape index (κ2) is 8.48. The Morgan fingerprint density at radius 1 is 1.00 bits per heavy atom. The summed E-state index contributed by atoms with van der Waals surface area (Å²) < 4.78 is 16.6. The normalized spacial score (nSPS) is 24.9. The van der Waals surface area contributed by atoms with Crippen LogP contribution in [0.2, 0.25) is 0 Å². The fraction of sp³-hybridized carbons (Fsp3) is 0.318. The molecule has 0 amide bonds. The van der Waals surface area contributed by atoms with Crippen LogP contribution in [-0.2, 0) is 19.0 Å². The molecule has 0 aliphatic carbocycles. The molecule has 0 saturated carbocycles. The number of hydrogen-bond donors (Lipinski definition) is 1. The zero-order chi connectivity index (χ0) is 19.3. The smallest absolute Gasteiger partial charge is 0.334 e. The fourth-order valence-corrected chi connectivity index (χ4v) is 3.33. The molecule has 2 aromatic carbocycles. The van der Waals surface area contributed by atoms with Crippen molar-refractivity contribution in [3.8, 4) is 0 Å². The van der Waals surface area contributed by atoms with E-state index in [4.69, 9.17) is 14.2 Å². The molecule has 27 heavy (non-hydrogen) atoms. The Bertz CT molecular complexity index is 787. The van der Waals surface area contributed by atoms with E-state index in [1.165, 1.54) is 6.08 Å². The minimum atomic E-state index is -2.00. The molecule has 1 N–H and O–H groups in total. The summed E-state index contributed by atoms with van der Waals surface area (Å²) in [5.74, 6) is -2.93. The second-order valence-electron chi connectivity index (χ2n) is 6.22. The van der Waals surface area contributed by atoms with Crippen LogP contribution in [0.4, 0.5) is 0 Å². The van der Waals surface area contributed by atoms with Gasteiger partial charge in [0.15, 0.2) is 0 Å². The van der Waals surface area contributed by atoms with E-state index in [1.54, 1.807) is 13.8 Å². The highest BCUT2D eigenvalue weighted by Crippen LogP contribution is 2.46. The van der Waals surface area contributed by atoms with Gasteiger partial charge in [-0.2, -0.15) is 0 Å². The number of esters is 1. The van der Waals surface area contributed by atoms with Crippen molar-refractivity contribution in [3.05, 3.63) is 83.4 Å². The van der Waals surface area contributed by atoms with Gasteiger partial charge in [-0.15, -0.1) is 0 Å². The third-order valence-corrected chi connectivity index (χ3v) is 4.42. The Labute approximate surface area is 159 Å². The van der Waals surface area contributed by atoms with Gasteiger partial charge < -0.3 is 19.3 Å². The summed E-state index contributed by atoms with van der Waals surface area (Å²) in [6.07, 6.45) is 0.709. The van der Waals surface area contributed by atoms with Gasteiger partial charge in [-0.3, -0.25) is 0 Å². The highest BCUT2D eigenvalue weighted by molar-refractivity contribution is 5.91. The molecule has 0 saturated heterocycles. The lowest BCUT2D eigenvalue weighted by molar-refractivity contribution is -0.351. The van der Waals surface area contributed by atoms with E-state index in [1.807, 2.05) is 60.7 Å². The lowest BCUT2D eigenvalue weighted by Crippen LogP contribution is -2.42. The van der Waals surface area contributed by atoms with Crippen molar-refractivity contribution in [2.45, 2.75) is 31.8 Å². The second-order valence-corrected chi connectivity index (χ2v) is 6.22. The molecule has 5 nitrogen and oxygen atoms in total. The molecular formula is C22H24O5. The van der Waals surface area contributed by atoms with Gasteiger partial charge in [0, 0.05) is 18.6 Å². The largest absolute Gasteiger partial charge is 0.463 e. The zero-order valence-corrected chi connectivity index (χ0v) is 15.5. The molecular weight excluding hydrogens is 344 g/mol. The summed E-state index contributed by atoms with van der Waals surface area (Å²) in [5.41, 5.74) is 2.04. The van der Waals surface area contributed by atoms with Crippen molar-refractivity contribution in [2.24, 2.45) is 0 Å². The van der Waals surface area contributed by atoms with Gasteiger partial charge in [0.05, 0.1) is 18.3 Å². The van der Waals surface area contributed by atoms with Crippen LogP contribution in [0, 0.1) is 0 Å². The van der Waals surface area contributed by atoms with Crippen LogP contribution in [-0.4, -0.2) is 30.3 Å². The Kier molecular flexibility index (Phi) is 6.06. The van der Waals surface area contributed by atoms with Gasteiger partial charge in [-0.1, -0.05) is 60.7 Å².